The first-order chi connectivity index (χ1) is 9.08. The molecule has 0 aromatic heterocycles. The highest BCUT2D eigenvalue weighted by molar-refractivity contribution is 5.96. The van der Waals surface area contributed by atoms with E-state index < -0.39 is 5.54 Å². The fourth-order valence-corrected chi connectivity index (χ4v) is 2.39. The summed E-state index contributed by atoms with van der Waals surface area (Å²) >= 11 is 0. The van der Waals surface area contributed by atoms with Gasteiger partial charge in [-0.1, -0.05) is 12.1 Å². The van der Waals surface area contributed by atoms with E-state index in [1.165, 1.54) is 0 Å². The zero-order valence-electron chi connectivity index (χ0n) is 11.5. The molecule has 1 saturated heterocycles. The van der Waals surface area contributed by atoms with Crippen molar-refractivity contribution in [3.05, 3.63) is 34.9 Å². The molecule has 19 heavy (non-hydrogen) atoms. The van der Waals surface area contributed by atoms with Crippen LogP contribution in [-0.2, 0) is 4.74 Å². The molecule has 1 aromatic carbocycles. The average molecular weight is 263 g/mol. The summed E-state index contributed by atoms with van der Waals surface area (Å²) in [5, 5.41) is 12.6. The lowest BCUT2D eigenvalue weighted by atomic mass is 9.90. The van der Waals surface area contributed by atoms with Crippen molar-refractivity contribution in [1.82, 2.24) is 5.32 Å². The Bertz CT molecular complexity index is 464. The monoisotopic (exact) mass is 263 g/mol. The maximum absolute atomic E-state index is 12.4. The van der Waals surface area contributed by atoms with Gasteiger partial charge in [-0.25, -0.2) is 0 Å². The second kappa shape index (κ2) is 5.72. The minimum absolute atomic E-state index is 0.0486. The summed E-state index contributed by atoms with van der Waals surface area (Å²) < 4.78 is 5.29. The van der Waals surface area contributed by atoms with E-state index in [-0.39, 0.29) is 12.5 Å². The van der Waals surface area contributed by atoms with Crippen LogP contribution in [0, 0.1) is 13.8 Å². The van der Waals surface area contributed by atoms with Crippen molar-refractivity contribution in [2.75, 3.05) is 19.8 Å². The van der Waals surface area contributed by atoms with E-state index in [1.807, 2.05) is 32.0 Å². The molecule has 0 spiro atoms. The van der Waals surface area contributed by atoms with Gasteiger partial charge in [0.2, 0.25) is 0 Å². The van der Waals surface area contributed by atoms with Gasteiger partial charge >= 0.3 is 0 Å². The fraction of sp³-hybridized carbons (Fsp3) is 0.533. The molecule has 1 aromatic rings. The summed E-state index contributed by atoms with van der Waals surface area (Å²) in [6, 6.07) is 5.69. The summed E-state index contributed by atoms with van der Waals surface area (Å²) in [7, 11) is 0. The van der Waals surface area contributed by atoms with E-state index in [9.17, 15) is 9.90 Å². The number of aliphatic hydroxyl groups excluding tert-OH is 1. The van der Waals surface area contributed by atoms with Crippen molar-refractivity contribution in [3.8, 4) is 0 Å². The summed E-state index contributed by atoms with van der Waals surface area (Å²) in [6.07, 6.45) is 1.31. The number of carbonyl (C=O) groups is 1. The fourth-order valence-electron chi connectivity index (χ4n) is 2.39. The molecular formula is C15H21NO3. The lowest BCUT2D eigenvalue weighted by Crippen LogP contribution is -2.54. The Kier molecular flexibility index (Phi) is 4.22. The van der Waals surface area contributed by atoms with Crippen molar-refractivity contribution in [2.45, 2.75) is 32.2 Å². The molecule has 4 heteroatoms. The van der Waals surface area contributed by atoms with Crippen molar-refractivity contribution >= 4 is 5.91 Å². The van der Waals surface area contributed by atoms with Crippen LogP contribution in [0.4, 0.5) is 0 Å². The molecule has 0 aliphatic carbocycles. The van der Waals surface area contributed by atoms with Gasteiger partial charge in [-0.2, -0.15) is 0 Å². The quantitative estimate of drug-likeness (QED) is 0.870. The predicted octanol–water partition coefficient (Wildman–Crippen LogP) is 1.57. The van der Waals surface area contributed by atoms with Gasteiger partial charge in [0.15, 0.2) is 0 Å². The number of aliphatic hydroxyl groups is 1. The van der Waals surface area contributed by atoms with Crippen LogP contribution in [0.5, 0.6) is 0 Å². The van der Waals surface area contributed by atoms with Crippen molar-refractivity contribution in [2.24, 2.45) is 0 Å². The molecule has 1 aliphatic rings. The molecule has 1 amide bonds. The average Bonchev–Trinajstić information content (AvgIpc) is 2.42. The Morgan fingerprint density at radius 2 is 2.05 bits per heavy atom. The highest BCUT2D eigenvalue weighted by atomic mass is 16.5. The SMILES string of the molecule is Cc1cccc(C(=O)NC2(CO)CCOCC2)c1C. The van der Waals surface area contributed by atoms with Crippen molar-refractivity contribution < 1.29 is 14.6 Å². The highest BCUT2D eigenvalue weighted by Gasteiger charge is 2.34. The van der Waals surface area contributed by atoms with E-state index in [2.05, 4.69) is 5.32 Å². The second-order valence-corrected chi connectivity index (χ2v) is 5.25. The highest BCUT2D eigenvalue weighted by Crippen LogP contribution is 2.21. The molecule has 0 saturated carbocycles. The third-order valence-electron chi connectivity index (χ3n) is 3.98. The third-order valence-corrected chi connectivity index (χ3v) is 3.98. The zero-order chi connectivity index (χ0) is 13.9. The van der Waals surface area contributed by atoms with E-state index in [1.54, 1.807) is 0 Å². The molecule has 1 aliphatic heterocycles. The summed E-state index contributed by atoms with van der Waals surface area (Å²) in [5.74, 6) is -0.114. The maximum atomic E-state index is 12.4. The Labute approximate surface area is 113 Å². The predicted molar refractivity (Wildman–Crippen MR) is 73.3 cm³/mol. The van der Waals surface area contributed by atoms with Gasteiger partial charge < -0.3 is 15.2 Å². The Morgan fingerprint density at radius 1 is 1.37 bits per heavy atom. The molecular weight excluding hydrogens is 242 g/mol. The Hall–Kier alpha value is -1.39. The minimum Gasteiger partial charge on any atom is -0.394 e. The van der Waals surface area contributed by atoms with Gasteiger partial charge in [-0.15, -0.1) is 0 Å². The topological polar surface area (TPSA) is 58.6 Å². The van der Waals surface area contributed by atoms with Crippen LogP contribution in [-0.4, -0.2) is 36.4 Å². The molecule has 0 radical (unpaired) electrons. The lowest BCUT2D eigenvalue weighted by molar-refractivity contribution is 0.0125. The smallest absolute Gasteiger partial charge is 0.252 e. The van der Waals surface area contributed by atoms with E-state index in [0.717, 1.165) is 11.1 Å². The third kappa shape index (κ3) is 2.96. The minimum atomic E-state index is -0.536. The zero-order valence-corrected chi connectivity index (χ0v) is 11.5. The van der Waals surface area contributed by atoms with Crippen molar-refractivity contribution in [1.29, 1.82) is 0 Å². The molecule has 0 bridgehead atoms. The number of hydrogen-bond acceptors (Lipinski definition) is 3. The standard InChI is InChI=1S/C15H21NO3/c1-11-4-3-5-13(12(11)2)14(18)16-15(10-17)6-8-19-9-7-15/h3-5,17H,6-10H2,1-2H3,(H,16,18). The number of ether oxygens (including phenoxy) is 1. The van der Waals surface area contributed by atoms with Crippen LogP contribution in [0.1, 0.15) is 34.3 Å². The van der Waals surface area contributed by atoms with E-state index in [4.69, 9.17) is 4.74 Å². The van der Waals surface area contributed by atoms with Gasteiger partial charge in [-0.05, 0) is 43.9 Å². The van der Waals surface area contributed by atoms with Gasteiger partial charge in [0.25, 0.3) is 5.91 Å². The van der Waals surface area contributed by atoms with Crippen LogP contribution >= 0.6 is 0 Å². The molecule has 104 valence electrons. The normalized spacial score (nSPS) is 18.1. The first kappa shape index (κ1) is 14.0. The summed E-state index contributed by atoms with van der Waals surface area (Å²) in [6.45, 7) is 5.04. The lowest BCUT2D eigenvalue weighted by Gasteiger charge is -2.36. The summed E-state index contributed by atoms with van der Waals surface area (Å²) in [5.41, 5.74) is 2.23. The van der Waals surface area contributed by atoms with Gasteiger partial charge in [0, 0.05) is 18.8 Å². The van der Waals surface area contributed by atoms with Crippen LogP contribution in [0.2, 0.25) is 0 Å². The maximum Gasteiger partial charge on any atom is 0.252 e. The molecule has 2 N–H and O–H groups in total. The van der Waals surface area contributed by atoms with E-state index >= 15 is 0 Å². The molecule has 1 fully saturated rings. The number of amides is 1. The Morgan fingerprint density at radius 3 is 2.68 bits per heavy atom. The number of benzene rings is 1. The number of hydrogen-bond donors (Lipinski definition) is 2. The molecule has 0 unspecified atom stereocenters. The van der Waals surface area contributed by atoms with Crippen LogP contribution in [0.15, 0.2) is 18.2 Å². The molecule has 1 heterocycles. The van der Waals surface area contributed by atoms with Crippen molar-refractivity contribution in [3.63, 3.8) is 0 Å². The summed E-state index contributed by atoms with van der Waals surface area (Å²) in [4.78, 5) is 12.4. The largest absolute Gasteiger partial charge is 0.394 e. The Balaban J connectivity index is 2.17. The first-order valence-electron chi connectivity index (χ1n) is 6.65. The number of aryl methyl sites for hydroxylation is 1. The van der Waals surface area contributed by atoms with Gasteiger partial charge in [0.1, 0.15) is 0 Å². The number of nitrogens with one attached hydrogen (secondary N) is 1. The first-order valence-corrected chi connectivity index (χ1v) is 6.65. The molecule has 2 rings (SSSR count). The molecule has 0 atom stereocenters. The molecule has 4 nitrogen and oxygen atoms in total. The number of carbonyl (C=O) groups excluding carboxylic acids is 1. The number of rotatable bonds is 3. The second-order valence-electron chi connectivity index (χ2n) is 5.25. The van der Waals surface area contributed by atoms with Crippen LogP contribution in [0.25, 0.3) is 0 Å². The van der Waals surface area contributed by atoms with Crippen LogP contribution < -0.4 is 5.32 Å². The van der Waals surface area contributed by atoms with Gasteiger partial charge in [-0.3, -0.25) is 4.79 Å². The van der Waals surface area contributed by atoms with Gasteiger partial charge in [0.05, 0.1) is 12.1 Å². The van der Waals surface area contributed by atoms with Crippen LogP contribution in [0.3, 0.4) is 0 Å². The van der Waals surface area contributed by atoms with E-state index in [0.29, 0.717) is 31.6 Å².